The van der Waals surface area contributed by atoms with E-state index in [1.54, 1.807) is 0 Å². The first kappa shape index (κ1) is 26.4. The van der Waals surface area contributed by atoms with Gasteiger partial charge in [-0.15, -0.1) is 0 Å². The first-order valence-electron chi connectivity index (χ1n) is 11.4. The van der Waals surface area contributed by atoms with Gasteiger partial charge in [0.2, 0.25) is 0 Å². The second-order valence-corrected chi connectivity index (χ2v) is 11.3. The molecule has 1 saturated heterocycles. The summed E-state index contributed by atoms with van der Waals surface area (Å²) < 4.78 is 66.5. The summed E-state index contributed by atoms with van der Waals surface area (Å²) in [5.74, 6) is -0.546. The lowest BCUT2D eigenvalue weighted by Crippen LogP contribution is -2.41. The highest BCUT2D eigenvalue weighted by Crippen LogP contribution is 2.38. The summed E-state index contributed by atoms with van der Waals surface area (Å²) in [7, 11) is -4.50. The highest BCUT2D eigenvalue weighted by molar-refractivity contribution is 7.90. The minimum absolute atomic E-state index is 0.0474. The Labute approximate surface area is 211 Å². The molecule has 196 valence electrons. The number of carbonyl (C=O) groups excluding carboxylic acids is 1. The molecule has 37 heavy (non-hydrogen) atoms. The second-order valence-electron chi connectivity index (χ2n) is 9.67. The number of H-pyrrole nitrogens is 1. The largest absolute Gasteiger partial charge is 0.416 e. The van der Waals surface area contributed by atoms with Gasteiger partial charge in [-0.2, -0.15) is 13.2 Å². The first-order chi connectivity index (χ1) is 17.2. The normalized spacial score (nSPS) is 17.6. The highest BCUT2D eigenvalue weighted by Gasteiger charge is 2.39. The van der Waals surface area contributed by atoms with Crippen molar-refractivity contribution in [1.29, 1.82) is 0 Å². The van der Waals surface area contributed by atoms with E-state index >= 15 is 0 Å². The van der Waals surface area contributed by atoms with Crippen LogP contribution in [0.5, 0.6) is 0 Å². The average Bonchev–Trinajstić information content (AvgIpc) is 3.09. The maximum Gasteiger partial charge on any atom is 0.416 e. The van der Waals surface area contributed by atoms with E-state index in [1.165, 1.54) is 36.5 Å². The first-order valence-corrected chi connectivity index (χ1v) is 12.9. The fourth-order valence-corrected chi connectivity index (χ4v) is 5.66. The number of nitrogens with zero attached hydrogens (tertiary/aromatic N) is 2. The predicted octanol–water partition coefficient (Wildman–Crippen LogP) is 4.20. The highest BCUT2D eigenvalue weighted by atomic mass is 32.2. The van der Waals surface area contributed by atoms with Gasteiger partial charge in [0.25, 0.3) is 21.5 Å². The molecular formula is C25H25F3N4O4S. The number of sulfonamides is 1. The molecule has 3 heterocycles. The summed E-state index contributed by atoms with van der Waals surface area (Å²) >= 11 is 0. The Balaban J connectivity index is 1.77. The molecule has 0 bridgehead atoms. The molecule has 0 saturated carbocycles. The van der Waals surface area contributed by atoms with Crippen LogP contribution in [0.25, 0.3) is 11.3 Å². The lowest BCUT2D eigenvalue weighted by atomic mass is 9.97. The Kier molecular flexibility index (Phi) is 6.65. The zero-order valence-electron chi connectivity index (χ0n) is 20.3. The number of hydrogen-bond donors (Lipinski definition) is 2. The van der Waals surface area contributed by atoms with Gasteiger partial charge in [0.05, 0.1) is 16.8 Å². The van der Waals surface area contributed by atoms with E-state index in [1.807, 2.05) is 30.4 Å². The number of nitrogens with one attached hydrogen (secondary N) is 2. The van der Waals surface area contributed by atoms with Crippen molar-refractivity contribution in [3.8, 4) is 11.3 Å². The van der Waals surface area contributed by atoms with Crippen molar-refractivity contribution in [3.05, 3.63) is 76.2 Å². The number of anilines is 1. The third kappa shape index (κ3) is 5.38. The molecule has 0 spiro atoms. The Morgan fingerprint density at radius 1 is 1.14 bits per heavy atom. The fourth-order valence-electron chi connectivity index (χ4n) is 4.63. The van der Waals surface area contributed by atoms with Gasteiger partial charge in [0, 0.05) is 23.8 Å². The van der Waals surface area contributed by atoms with Gasteiger partial charge in [-0.3, -0.25) is 9.59 Å². The molecule has 4 rings (SSSR count). The van der Waals surface area contributed by atoms with E-state index in [0.717, 1.165) is 24.6 Å². The second kappa shape index (κ2) is 9.33. The SMILES string of the molecule is C[C@@H]1CN(c2nc(-c3ccc(C(F)(F)F)cc3)ccc2C(=O)NS(=O)(=O)c2ccc[nH]c2=O)C(C)(C)C1. The minimum Gasteiger partial charge on any atom is -0.351 e. The lowest BCUT2D eigenvalue weighted by molar-refractivity contribution is -0.137. The maximum atomic E-state index is 13.2. The van der Waals surface area contributed by atoms with Gasteiger partial charge in [-0.05, 0) is 62.6 Å². The van der Waals surface area contributed by atoms with Crippen LogP contribution in [0.2, 0.25) is 0 Å². The van der Waals surface area contributed by atoms with Crippen LogP contribution in [0.4, 0.5) is 19.0 Å². The predicted molar refractivity (Wildman–Crippen MR) is 132 cm³/mol. The van der Waals surface area contributed by atoms with Crippen LogP contribution in [0.15, 0.2) is 64.4 Å². The van der Waals surface area contributed by atoms with Crippen molar-refractivity contribution in [2.24, 2.45) is 5.92 Å². The van der Waals surface area contributed by atoms with Gasteiger partial charge in [0.15, 0.2) is 4.90 Å². The topological polar surface area (TPSA) is 112 Å². The van der Waals surface area contributed by atoms with Crippen LogP contribution in [0.3, 0.4) is 0 Å². The number of amides is 1. The number of carbonyl (C=O) groups is 1. The molecule has 2 aromatic heterocycles. The smallest absolute Gasteiger partial charge is 0.351 e. The molecule has 1 aliphatic rings. The van der Waals surface area contributed by atoms with Gasteiger partial charge in [-0.1, -0.05) is 19.1 Å². The van der Waals surface area contributed by atoms with Crippen molar-refractivity contribution < 1.29 is 26.4 Å². The van der Waals surface area contributed by atoms with Crippen LogP contribution in [-0.4, -0.2) is 36.4 Å². The summed E-state index contributed by atoms with van der Waals surface area (Å²) in [5.41, 5.74) is -1.45. The van der Waals surface area contributed by atoms with Gasteiger partial charge < -0.3 is 9.88 Å². The zero-order valence-corrected chi connectivity index (χ0v) is 21.1. The van der Waals surface area contributed by atoms with Crippen LogP contribution in [0.1, 0.15) is 43.1 Å². The van der Waals surface area contributed by atoms with E-state index in [9.17, 15) is 31.2 Å². The monoisotopic (exact) mass is 534 g/mol. The standard InChI is InChI=1S/C25H25F3N4O4S/c1-15-13-24(2,3)32(14-15)21-18(22(33)31-37(35,36)20-5-4-12-29-23(20)34)10-11-19(30-21)16-6-8-17(9-7-16)25(26,27)28/h4-12,15H,13-14H2,1-3H3,(H,29,34)(H,31,33)/t15-/m0/s1. The lowest BCUT2D eigenvalue weighted by Gasteiger charge is -2.34. The molecule has 12 heteroatoms. The Morgan fingerprint density at radius 2 is 1.81 bits per heavy atom. The maximum absolute atomic E-state index is 13.2. The number of hydrogen-bond acceptors (Lipinski definition) is 6. The van der Waals surface area contributed by atoms with Crippen molar-refractivity contribution in [2.75, 3.05) is 11.4 Å². The number of pyridine rings is 2. The van der Waals surface area contributed by atoms with Crippen LogP contribution in [-0.2, 0) is 16.2 Å². The molecule has 1 aliphatic heterocycles. The number of alkyl halides is 3. The third-order valence-corrected chi connectivity index (χ3v) is 7.61. The Morgan fingerprint density at radius 3 is 2.38 bits per heavy atom. The van der Waals surface area contributed by atoms with Crippen LogP contribution in [0, 0.1) is 5.92 Å². The van der Waals surface area contributed by atoms with Gasteiger partial charge >= 0.3 is 6.18 Å². The molecule has 8 nitrogen and oxygen atoms in total. The van der Waals surface area contributed by atoms with Crippen molar-refractivity contribution >= 4 is 21.7 Å². The number of benzene rings is 1. The number of halogens is 3. The Bertz CT molecular complexity index is 1500. The number of aromatic amines is 1. The fraction of sp³-hybridized carbons (Fsp3) is 0.320. The summed E-state index contributed by atoms with van der Waals surface area (Å²) in [6.45, 7) is 6.49. The summed E-state index contributed by atoms with van der Waals surface area (Å²) in [4.78, 5) is 33.4. The number of aromatic nitrogens is 2. The molecule has 1 atom stereocenters. The summed E-state index contributed by atoms with van der Waals surface area (Å²) in [6.07, 6.45) is -2.44. The average molecular weight is 535 g/mol. The van der Waals surface area contributed by atoms with E-state index < -0.39 is 43.7 Å². The van der Waals surface area contributed by atoms with Crippen molar-refractivity contribution in [2.45, 2.75) is 43.8 Å². The summed E-state index contributed by atoms with van der Waals surface area (Å²) in [6, 6.07) is 9.69. The van der Waals surface area contributed by atoms with Gasteiger partial charge in [-0.25, -0.2) is 18.1 Å². The van der Waals surface area contributed by atoms with Gasteiger partial charge in [0.1, 0.15) is 5.82 Å². The Hall–Kier alpha value is -3.67. The quantitative estimate of drug-likeness (QED) is 0.508. The molecule has 0 aliphatic carbocycles. The molecule has 0 unspecified atom stereocenters. The van der Waals surface area contributed by atoms with E-state index in [0.29, 0.717) is 17.8 Å². The van der Waals surface area contributed by atoms with E-state index in [2.05, 4.69) is 9.97 Å². The number of rotatable bonds is 5. The van der Waals surface area contributed by atoms with Crippen molar-refractivity contribution in [3.63, 3.8) is 0 Å². The third-order valence-electron chi connectivity index (χ3n) is 6.25. The molecule has 0 radical (unpaired) electrons. The molecular weight excluding hydrogens is 509 g/mol. The van der Waals surface area contributed by atoms with E-state index in [4.69, 9.17) is 0 Å². The van der Waals surface area contributed by atoms with Crippen molar-refractivity contribution in [1.82, 2.24) is 14.7 Å². The van der Waals surface area contributed by atoms with Crippen LogP contribution < -0.4 is 15.2 Å². The minimum atomic E-state index is -4.50. The zero-order chi connectivity index (χ0) is 27.2. The molecule has 1 amide bonds. The molecule has 1 aromatic carbocycles. The molecule has 2 N–H and O–H groups in total. The molecule has 1 fully saturated rings. The summed E-state index contributed by atoms with van der Waals surface area (Å²) in [5, 5.41) is 0. The van der Waals surface area contributed by atoms with E-state index in [-0.39, 0.29) is 17.3 Å². The molecule has 3 aromatic rings. The van der Waals surface area contributed by atoms with Crippen LogP contribution >= 0.6 is 0 Å².